The van der Waals surface area contributed by atoms with Crippen molar-refractivity contribution in [1.82, 2.24) is 0 Å². The third kappa shape index (κ3) is 1.74. The Morgan fingerprint density at radius 3 is 1.70 bits per heavy atom. The van der Waals surface area contributed by atoms with Crippen LogP contribution in [0.25, 0.3) is 0 Å². The molecule has 0 aromatic heterocycles. The van der Waals surface area contributed by atoms with Gasteiger partial charge < -0.3 is 0 Å². The standard InChI is InChI=1S/C10H21/c1-7-10(6,8(2)3)9(4)5/h8-9H,2,7H2,1,3-6H3. The predicted octanol–water partition coefficient (Wildman–Crippen LogP) is 3.53. The second-order valence-electron chi connectivity index (χ2n) is 3.92. The highest BCUT2D eigenvalue weighted by atomic mass is 14.3. The molecule has 2 atom stereocenters. The van der Waals surface area contributed by atoms with Crippen molar-refractivity contribution in [3.63, 3.8) is 0 Å². The zero-order valence-corrected chi connectivity index (χ0v) is 8.07. The quantitative estimate of drug-likeness (QED) is 0.564. The van der Waals surface area contributed by atoms with Gasteiger partial charge in [-0.1, -0.05) is 41.0 Å². The Hall–Kier alpha value is 0. The van der Waals surface area contributed by atoms with Crippen molar-refractivity contribution in [1.29, 1.82) is 0 Å². The van der Waals surface area contributed by atoms with E-state index >= 15 is 0 Å². The minimum absolute atomic E-state index is 0.431. The Kier molecular flexibility index (Phi) is 3.41. The third-order valence-electron chi connectivity index (χ3n) is 3.21. The molecule has 0 bridgehead atoms. The molecular formula is C10H21. The first-order valence-electron chi connectivity index (χ1n) is 4.28. The summed E-state index contributed by atoms with van der Waals surface area (Å²) in [4.78, 5) is 0. The predicted molar refractivity (Wildman–Crippen MR) is 47.8 cm³/mol. The average Bonchev–Trinajstić information content (AvgIpc) is 1.85. The number of hydrogen-bond donors (Lipinski definition) is 0. The lowest BCUT2D eigenvalue weighted by Gasteiger charge is -2.36. The van der Waals surface area contributed by atoms with E-state index in [1.165, 1.54) is 6.42 Å². The van der Waals surface area contributed by atoms with Gasteiger partial charge in [-0.15, -0.1) is 0 Å². The van der Waals surface area contributed by atoms with E-state index in [9.17, 15) is 0 Å². The molecule has 0 heteroatoms. The molecule has 0 aliphatic rings. The molecule has 0 heterocycles. The van der Waals surface area contributed by atoms with E-state index in [0.717, 1.165) is 5.92 Å². The van der Waals surface area contributed by atoms with E-state index < -0.39 is 0 Å². The van der Waals surface area contributed by atoms with E-state index in [0.29, 0.717) is 11.3 Å². The van der Waals surface area contributed by atoms with Gasteiger partial charge in [-0.05, 0) is 24.2 Å². The van der Waals surface area contributed by atoms with Crippen LogP contribution in [0.2, 0.25) is 0 Å². The van der Waals surface area contributed by atoms with Crippen molar-refractivity contribution < 1.29 is 0 Å². The Morgan fingerprint density at radius 2 is 1.70 bits per heavy atom. The molecule has 0 nitrogen and oxygen atoms in total. The van der Waals surface area contributed by atoms with Gasteiger partial charge in [-0.3, -0.25) is 0 Å². The Morgan fingerprint density at radius 1 is 1.30 bits per heavy atom. The lowest BCUT2D eigenvalue weighted by Crippen LogP contribution is -2.28. The molecule has 0 spiro atoms. The summed E-state index contributed by atoms with van der Waals surface area (Å²) in [5.74, 6) is 1.29. The normalized spacial score (nSPS) is 13.2. The fraction of sp³-hybridized carbons (Fsp3) is 0.900. The van der Waals surface area contributed by atoms with Crippen LogP contribution in [0.4, 0.5) is 0 Å². The molecule has 0 aliphatic carbocycles. The fourth-order valence-corrected chi connectivity index (χ4v) is 1.33. The van der Waals surface area contributed by atoms with Gasteiger partial charge in [0.2, 0.25) is 0 Å². The van der Waals surface area contributed by atoms with Crippen LogP contribution in [0.5, 0.6) is 0 Å². The highest BCUT2D eigenvalue weighted by Gasteiger charge is 2.29. The first-order valence-corrected chi connectivity index (χ1v) is 4.28. The van der Waals surface area contributed by atoms with Gasteiger partial charge in [0.15, 0.2) is 0 Å². The van der Waals surface area contributed by atoms with Gasteiger partial charge in [-0.2, -0.15) is 0 Å². The monoisotopic (exact) mass is 141 g/mol. The van der Waals surface area contributed by atoms with Gasteiger partial charge in [0, 0.05) is 0 Å². The van der Waals surface area contributed by atoms with E-state index in [1.54, 1.807) is 0 Å². The van der Waals surface area contributed by atoms with Crippen LogP contribution in [-0.4, -0.2) is 0 Å². The Bertz CT molecular complexity index is 82.2. The first kappa shape index (κ1) is 10.0. The van der Waals surface area contributed by atoms with Crippen molar-refractivity contribution in [2.45, 2.75) is 41.0 Å². The summed E-state index contributed by atoms with van der Waals surface area (Å²) in [5.41, 5.74) is 0.431. The lowest BCUT2D eigenvalue weighted by molar-refractivity contribution is 0.148. The van der Waals surface area contributed by atoms with Crippen molar-refractivity contribution in [3.05, 3.63) is 6.92 Å². The molecule has 0 N–H and O–H groups in total. The molecule has 2 unspecified atom stereocenters. The topological polar surface area (TPSA) is 0 Å². The Labute approximate surface area is 66.0 Å². The summed E-state index contributed by atoms with van der Waals surface area (Å²) in [7, 11) is 0. The molecule has 0 saturated carbocycles. The van der Waals surface area contributed by atoms with Crippen LogP contribution in [0.3, 0.4) is 0 Å². The molecular weight excluding hydrogens is 120 g/mol. The van der Waals surface area contributed by atoms with Crippen molar-refractivity contribution in [3.8, 4) is 0 Å². The molecule has 61 valence electrons. The highest BCUT2D eigenvalue weighted by Crippen LogP contribution is 2.37. The average molecular weight is 141 g/mol. The van der Waals surface area contributed by atoms with Crippen LogP contribution < -0.4 is 0 Å². The Balaban J connectivity index is 4.23. The van der Waals surface area contributed by atoms with Gasteiger partial charge in [-0.25, -0.2) is 0 Å². The van der Waals surface area contributed by atoms with Gasteiger partial charge >= 0.3 is 0 Å². The third-order valence-corrected chi connectivity index (χ3v) is 3.21. The lowest BCUT2D eigenvalue weighted by atomic mass is 9.69. The van der Waals surface area contributed by atoms with Crippen molar-refractivity contribution >= 4 is 0 Å². The van der Waals surface area contributed by atoms with Crippen LogP contribution in [0.15, 0.2) is 0 Å². The molecule has 0 aliphatic heterocycles. The minimum Gasteiger partial charge on any atom is -0.0648 e. The molecule has 1 radical (unpaired) electrons. The van der Waals surface area contributed by atoms with E-state index in [-0.39, 0.29) is 0 Å². The fourth-order valence-electron chi connectivity index (χ4n) is 1.33. The largest absolute Gasteiger partial charge is 0.0648 e. The summed E-state index contributed by atoms with van der Waals surface area (Å²) in [6.45, 7) is 15.5. The molecule has 0 fully saturated rings. The molecule has 10 heavy (non-hydrogen) atoms. The maximum absolute atomic E-state index is 4.10. The van der Waals surface area contributed by atoms with E-state index in [4.69, 9.17) is 0 Å². The van der Waals surface area contributed by atoms with Crippen LogP contribution >= 0.6 is 0 Å². The van der Waals surface area contributed by atoms with Crippen LogP contribution in [-0.2, 0) is 0 Å². The van der Waals surface area contributed by atoms with E-state index in [2.05, 4.69) is 41.5 Å². The van der Waals surface area contributed by atoms with Crippen LogP contribution in [0, 0.1) is 24.2 Å². The smallest absolute Gasteiger partial charge is 0.0280 e. The summed E-state index contributed by atoms with van der Waals surface area (Å²) in [6.07, 6.45) is 1.23. The molecule has 0 saturated heterocycles. The zero-order chi connectivity index (χ0) is 8.36. The highest BCUT2D eigenvalue weighted by molar-refractivity contribution is 4.82. The summed E-state index contributed by atoms with van der Waals surface area (Å²) < 4.78 is 0. The zero-order valence-electron chi connectivity index (χ0n) is 8.07. The molecule has 0 aromatic rings. The first-order chi connectivity index (χ1) is 4.45. The molecule has 0 rings (SSSR count). The minimum atomic E-state index is 0.431. The van der Waals surface area contributed by atoms with Gasteiger partial charge in [0.05, 0.1) is 0 Å². The van der Waals surface area contributed by atoms with E-state index in [1.807, 2.05) is 0 Å². The van der Waals surface area contributed by atoms with Crippen LogP contribution in [0.1, 0.15) is 41.0 Å². The summed E-state index contributed by atoms with van der Waals surface area (Å²) >= 11 is 0. The summed E-state index contributed by atoms with van der Waals surface area (Å²) in [6, 6.07) is 0. The second-order valence-corrected chi connectivity index (χ2v) is 3.92. The maximum atomic E-state index is 4.10. The molecule has 0 aromatic carbocycles. The van der Waals surface area contributed by atoms with Crippen molar-refractivity contribution in [2.75, 3.05) is 0 Å². The SMILES string of the molecule is [CH2]C(C)C(C)(CC)C(C)C. The summed E-state index contributed by atoms with van der Waals surface area (Å²) in [5, 5.41) is 0. The number of rotatable bonds is 3. The van der Waals surface area contributed by atoms with Gasteiger partial charge in [0.1, 0.15) is 0 Å². The maximum Gasteiger partial charge on any atom is -0.0280 e. The molecule has 0 amide bonds. The number of hydrogen-bond acceptors (Lipinski definition) is 0. The van der Waals surface area contributed by atoms with Gasteiger partial charge in [0.25, 0.3) is 0 Å². The second kappa shape index (κ2) is 3.41. The van der Waals surface area contributed by atoms with Crippen molar-refractivity contribution in [2.24, 2.45) is 17.3 Å².